The summed E-state index contributed by atoms with van der Waals surface area (Å²) in [4.78, 5) is 12.4. The number of halogens is 1. The predicted molar refractivity (Wildman–Crippen MR) is 129 cm³/mol. The molecule has 1 heterocycles. The van der Waals surface area contributed by atoms with Gasteiger partial charge in [-0.3, -0.25) is 0 Å². The Morgan fingerprint density at radius 2 is 1.88 bits per heavy atom. The molecule has 0 aliphatic rings. The van der Waals surface area contributed by atoms with Crippen LogP contribution in [0.1, 0.15) is 34.1 Å². The highest BCUT2D eigenvalue weighted by molar-refractivity contribution is 5.98. The molecule has 3 aromatic carbocycles. The number of para-hydroxylation sites is 1. The molecule has 34 heavy (non-hydrogen) atoms. The second-order valence-electron chi connectivity index (χ2n) is 7.88. The molecule has 7 heteroatoms. The fourth-order valence-electron chi connectivity index (χ4n) is 4.20. The number of hydrogen-bond donors (Lipinski definition) is 2. The Morgan fingerprint density at radius 1 is 1.06 bits per heavy atom. The van der Waals surface area contributed by atoms with E-state index in [1.165, 1.54) is 12.1 Å². The van der Waals surface area contributed by atoms with Crippen LogP contribution >= 0.6 is 0 Å². The first kappa shape index (κ1) is 23.3. The number of ether oxygens (including phenoxy) is 2. The number of aromatic carboxylic acids is 1. The number of methoxy groups -OCH3 is 1. The van der Waals surface area contributed by atoms with E-state index in [4.69, 9.17) is 9.47 Å². The summed E-state index contributed by atoms with van der Waals surface area (Å²) in [5.41, 5.74) is 3.21. The van der Waals surface area contributed by atoms with Gasteiger partial charge in [0.2, 0.25) is 0 Å². The fourth-order valence-corrected chi connectivity index (χ4v) is 4.20. The molecule has 0 amide bonds. The molecule has 0 fully saturated rings. The third-order valence-electron chi connectivity index (χ3n) is 5.70. The van der Waals surface area contributed by atoms with Gasteiger partial charge in [-0.15, -0.1) is 0 Å². The predicted octanol–water partition coefficient (Wildman–Crippen LogP) is 5.22. The maximum atomic E-state index is 13.8. The van der Waals surface area contributed by atoms with Crippen molar-refractivity contribution < 1.29 is 23.8 Å². The van der Waals surface area contributed by atoms with Gasteiger partial charge < -0.3 is 24.5 Å². The van der Waals surface area contributed by atoms with Crippen LogP contribution in [0.5, 0.6) is 11.5 Å². The van der Waals surface area contributed by atoms with Gasteiger partial charge in [-0.2, -0.15) is 0 Å². The highest BCUT2D eigenvalue weighted by Gasteiger charge is 2.23. The summed E-state index contributed by atoms with van der Waals surface area (Å²) >= 11 is 0. The Hall–Kier alpha value is -3.84. The number of carboxylic acid groups (broad SMARTS) is 1. The van der Waals surface area contributed by atoms with Gasteiger partial charge in [0.25, 0.3) is 0 Å². The lowest BCUT2D eigenvalue weighted by Crippen LogP contribution is -2.17. The van der Waals surface area contributed by atoms with Gasteiger partial charge in [0.05, 0.1) is 19.2 Å². The molecular formula is C27H27FN2O4. The van der Waals surface area contributed by atoms with Crippen LogP contribution in [-0.2, 0) is 19.6 Å². The number of fused-ring (bicyclic) bond motifs is 1. The molecule has 6 nitrogen and oxygen atoms in total. The largest absolute Gasteiger partial charge is 0.497 e. The third kappa shape index (κ3) is 4.89. The average Bonchev–Trinajstić information content (AvgIpc) is 3.13. The Balaban J connectivity index is 1.72. The normalized spacial score (nSPS) is 11.0. The molecule has 0 aliphatic carbocycles. The lowest BCUT2D eigenvalue weighted by atomic mass is 10.1. The first-order valence-electron chi connectivity index (χ1n) is 11.1. The van der Waals surface area contributed by atoms with Gasteiger partial charge in [0, 0.05) is 42.2 Å². The summed E-state index contributed by atoms with van der Waals surface area (Å²) in [5, 5.41) is 14.3. The van der Waals surface area contributed by atoms with Crippen LogP contribution in [0.4, 0.5) is 4.39 Å². The highest BCUT2D eigenvalue weighted by atomic mass is 19.1. The van der Waals surface area contributed by atoms with Crippen LogP contribution in [0.25, 0.3) is 10.9 Å². The quantitative estimate of drug-likeness (QED) is 0.338. The maximum Gasteiger partial charge on any atom is 0.352 e. The van der Waals surface area contributed by atoms with Crippen molar-refractivity contribution >= 4 is 16.9 Å². The van der Waals surface area contributed by atoms with E-state index in [9.17, 15) is 14.3 Å². The molecule has 0 bridgehead atoms. The van der Waals surface area contributed by atoms with Crippen molar-refractivity contribution in [2.45, 2.75) is 26.6 Å². The van der Waals surface area contributed by atoms with Gasteiger partial charge in [0.1, 0.15) is 23.0 Å². The van der Waals surface area contributed by atoms with Crippen LogP contribution in [0.3, 0.4) is 0 Å². The summed E-state index contributed by atoms with van der Waals surface area (Å²) in [7, 11) is 1.57. The van der Waals surface area contributed by atoms with Crippen molar-refractivity contribution in [2.24, 2.45) is 0 Å². The number of benzene rings is 3. The van der Waals surface area contributed by atoms with Crippen LogP contribution in [0.15, 0.2) is 66.7 Å². The van der Waals surface area contributed by atoms with Gasteiger partial charge in [-0.1, -0.05) is 30.3 Å². The number of carbonyl (C=O) groups is 1. The molecule has 176 valence electrons. The molecule has 0 atom stereocenters. The molecule has 0 spiro atoms. The smallest absolute Gasteiger partial charge is 0.352 e. The van der Waals surface area contributed by atoms with Gasteiger partial charge >= 0.3 is 5.97 Å². The van der Waals surface area contributed by atoms with Crippen molar-refractivity contribution in [1.29, 1.82) is 0 Å². The minimum Gasteiger partial charge on any atom is -0.497 e. The van der Waals surface area contributed by atoms with Crippen LogP contribution in [0.2, 0.25) is 0 Å². The second-order valence-corrected chi connectivity index (χ2v) is 7.88. The molecule has 0 unspecified atom stereocenters. The second kappa shape index (κ2) is 10.4. The number of carboxylic acids is 1. The van der Waals surface area contributed by atoms with E-state index in [0.717, 1.165) is 16.7 Å². The SMILES string of the molecule is CCOc1ccccc1CNCc1c(C(=O)O)n(Cc2cccc(F)c2)c2cc(OC)ccc12. The van der Waals surface area contributed by atoms with Crippen molar-refractivity contribution in [2.75, 3.05) is 13.7 Å². The fraction of sp³-hybridized carbons (Fsp3) is 0.222. The van der Waals surface area contributed by atoms with E-state index in [1.54, 1.807) is 23.8 Å². The van der Waals surface area contributed by atoms with Gasteiger partial charge in [-0.25, -0.2) is 9.18 Å². The Morgan fingerprint density at radius 3 is 2.62 bits per heavy atom. The van der Waals surface area contributed by atoms with Crippen LogP contribution < -0.4 is 14.8 Å². The van der Waals surface area contributed by atoms with Gasteiger partial charge in [-0.05, 0) is 42.8 Å². The molecule has 2 N–H and O–H groups in total. The van der Waals surface area contributed by atoms with E-state index < -0.39 is 5.97 Å². The van der Waals surface area contributed by atoms with Crippen LogP contribution in [-0.4, -0.2) is 29.4 Å². The lowest BCUT2D eigenvalue weighted by Gasteiger charge is -2.12. The Kier molecular flexibility index (Phi) is 7.13. The molecule has 4 rings (SSSR count). The van der Waals surface area contributed by atoms with Crippen molar-refractivity contribution in [3.8, 4) is 11.5 Å². The molecule has 0 radical (unpaired) electrons. The molecule has 0 saturated heterocycles. The Labute approximate surface area is 197 Å². The van der Waals surface area contributed by atoms with Crippen molar-refractivity contribution in [3.05, 3.63) is 94.9 Å². The van der Waals surface area contributed by atoms with Crippen molar-refractivity contribution in [1.82, 2.24) is 9.88 Å². The Bertz CT molecular complexity index is 1320. The zero-order chi connectivity index (χ0) is 24.1. The molecular weight excluding hydrogens is 435 g/mol. The topological polar surface area (TPSA) is 72.7 Å². The maximum absolute atomic E-state index is 13.8. The van der Waals surface area contributed by atoms with E-state index >= 15 is 0 Å². The first-order chi connectivity index (χ1) is 16.5. The van der Waals surface area contributed by atoms with Crippen molar-refractivity contribution in [3.63, 3.8) is 0 Å². The zero-order valence-electron chi connectivity index (χ0n) is 19.2. The number of nitrogens with one attached hydrogen (secondary N) is 1. The number of hydrogen-bond acceptors (Lipinski definition) is 4. The summed E-state index contributed by atoms with van der Waals surface area (Å²) in [6.45, 7) is 3.57. The van der Waals surface area contributed by atoms with E-state index in [2.05, 4.69) is 5.32 Å². The van der Waals surface area contributed by atoms with E-state index in [0.29, 0.717) is 42.1 Å². The number of nitrogens with zero attached hydrogens (tertiary/aromatic N) is 1. The third-order valence-corrected chi connectivity index (χ3v) is 5.70. The summed E-state index contributed by atoms with van der Waals surface area (Å²) < 4.78 is 26.6. The minimum absolute atomic E-state index is 0.165. The lowest BCUT2D eigenvalue weighted by molar-refractivity contribution is 0.0684. The molecule has 0 aliphatic heterocycles. The van der Waals surface area contributed by atoms with E-state index in [-0.39, 0.29) is 18.1 Å². The molecule has 4 aromatic rings. The average molecular weight is 463 g/mol. The molecule has 0 saturated carbocycles. The van der Waals surface area contributed by atoms with E-state index in [1.807, 2.05) is 49.4 Å². The minimum atomic E-state index is -1.04. The first-order valence-corrected chi connectivity index (χ1v) is 11.1. The molecule has 1 aromatic heterocycles. The zero-order valence-corrected chi connectivity index (χ0v) is 19.2. The standard InChI is InChI=1S/C27H27FN2O4/c1-3-34-25-10-5-4-8-19(25)15-29-16-23-22-12-11-21(33-2)14-24(22)30(26(23)27(31)32)17-18-7-6-9-20(28)13-18/h4-14,29H,3,15-17H2,1-2H3,(H,31,32). The summed E-state index contributed by atoms with van der Waals surface area (Å²) in [5.74, 6) is 0.0122. The summed E-state index contributed by atoms with van der Waals surface area (Å²) in [6.07, 6.45) is 0. The summed E-state index contributed by atoms with van der Waals surface area (Å²) in [6, 6.07) is 19.4. The monoisotopic (exact) mass is 462 g/mol. The highest BCUT2D eigenvalue weighted by Crippen LogP contribution is 2.31. The van der Waals surface area contributed by atoms with Crippen LogP contribution in [0, 0.1) is 5.82 Å². The number of rotatable bonds is 10. The number of aromatic nitrogens is 1. The van der Waals surface area contributed by atoms with Gasteiger partial charge in [0.15, 0.2) is 0 Å².